The maximum Gasteiger partial charge on any atom is 0.254 e. The van der Waals surface area contributed by atoms with Crippen LogP contribution in [0.2, 0.25) is 0 Å². The number of carbonyl (C=O) groups excluding carboxylic acids is 1. The topological polar surface area (TPSA) is 79.4 Å². The highest BCUT2D eigenvalue weighted by Crippen LogP contribution is 2.16. The lowest BCUT2D eigenvalue weighted by Gasteiger charge is -2.07. The van der Waals surface area contributed by atoms with Crippen LogP contribution in [0.3, 0.4) is 0 Å². The molecule has 0 fully saturated rings. The third kappa shape index (κ3) is 3.70. The maximum atomic E-state index is 11.1. The summed E-state index contributed by atoms with van der Waals surface area (Å²) in [4.78, 5) is 11.1. The van der Waals surface area contributed by atoms with Gasteiger partial charge in [-0.05, 0) is 36.4 Å². The minimum absolute atomic E-state index is 0.211. The minimum Gasteiger partial charge on any atom is -0.497 e. The second-order valence-corrected chi connectivity index (χ2v) is 4.13. The first-order chi connectivity index (χ1) is 10.2. The average Bonchev–Trinajstić information content (AvgIpc) is 2.96. The number of nitrogens with zero attached hydrogens (tertiary/aromatic N) is 3. The number of nitrogens with one attached hydrogen (secondary N) is 1. The molecule has 0 aliphatic rings. The van der Waals surface area contributed by atoms with Crippen molar-refractivity contribution in [3.8, 4) is 17.5 Å². The zero-order valence-electron chi connectivity index (χ0n) is 11.5. The Hall–Kier alpha value is -3.07. The molecule has 1 heterocycles. The van der Waals surface area contributed by atoms with Crippen molar-refractivity contribution in [3.05, 3.63) is 48.3 Å². The summed E-state index contributed by atoms with van der Waals surface area (Å²) in [6.45, 7) is 0. The molecule has 1 N–H and O–H groups in total. The lowest BCUT2D eigenvalue weighted by molar-refractivity contribution is -0.120. The third-order valence-electron chi connectivity index (χ3n) is 2.76. The fraction of sp³-hybridized carbons (Fsp3) is 0.133. The van der Waals surface area contributed by atoms with Gasteiger partial charge in [-0.25, -0.2) is 5.43 Å². The zero-order valence-corrected chi connectivity index (χ0v) is 11.5. The van der Waals surface area contributed by atoms with Crippen molar-refractivity contribution in [2.24, 2.45) is 5.10 Å². The highest BCUT2D eigenvalue weighted by Gasteiger charge is 2.02. The monoisotopic (exact) mass is 282 g/mol. The van der Waals surface area contributed by atoms with E-state index in [-0.39, 0.29) is 6.42 Å². The van der Waals surface area contributed by atoms with Gasteiger partial charge < -0.3 is 9.30 Å². The number of hydrazone groups is 1. The number of aromatic nitrogens is 1. The van der Waals surface area contributed by atoms with Crippen LogP contribution in [0.5, 0.6) is 5.75 Å². The van der Waals surface area contributed by atoms with E-state index in [1.165, 1.54) is 6.21 Å². The normalized spacial score (nSPS) is 10.3. The van der Waals surface area contributed by atoms with Crippen LogP contribution in [0.15, 0.2) is 47.7 Å². The number of benzene rings is 1. The van der Waals surface area contributed by atoms with Crippen molar-refractivity contribution >= 4 is 12.1 Å². The standard InChI is InChI=1S/C15H14N4O2/c1-21-14-6-4-12(5-7-14)19-10-2-3-13(19)11-17-18-15(20)8-9-16/h2-7,10-11H,8H2,1H3,(H,18,20). The quantitative estimate of drug-likeness (QED) is 0.671. The number of carbonyl (C=O) groups is 1. The van der Waals surface area contributed by atoms with Crippen LogP contribution in [0.4, 0.5) is 0 Å². The smallest absolute Gasteiger partial charge is 0.254 e. The van der Waals surface area contributed by atoms with Crippen LogP contribution in [-0.4, -0.2) is 23.8 Å². The Balaban J connectivity index is 2.13. The molecule has 0 saturated carbocycles. The molecule has 0 atom stereocenters. The van der Waals surface area contributed by atoms with Gasteiger partial charge in [0.25, 0.3) is 5.91 Å². The zero-order chi connectivity index (χ0) is 15.1. The lowest BCUT2D eigenvalue weighted by atomic mass is 10.3. The van der Waals surface area contributed by atoms with Gasteiger partial charge >= 0.3 is 0 Å². The molecule has 6 heteroatoms. The molecular weight excluding hydrogens is 268 g/mol. The van der Waals surface area contributed by atoms with Gasteiger partial charge in [-0.3, -0.25) is 4.79 Å². The van der Waals surface area contributed by atoms with Gasteiger partial charge in [-0.1, -0.05) is 0 Å². The Labute approximate surface area is 122 Å². The van der Waals surface area contributed by atoms with Crippen LogP contribution in [0.1, 0.15) is 12.1 Å². The molecule has 106 valence electrons. The largest absolute Gasteiger partial charge is 0.497 e. The van der Waals surface area contributed by atoms with E-state index in [2.05, 4.69) is 10.5 Å². The maximum absolute atomic E-state index is 11.1. The molecule has 0 aliphatic heterocycles. The Bertz CT molecular complexity index is 680. The van der Waals surface area contributed by atoms with Gasteiger partial charge in [0.15, 0.2) is 0 Å². The SMILES string of the molecule is COc1ccc(-n2cccc2C=NNC(=O)CC#N)cc1. The van der Waals surface area contributed by atoms with Crippen LogP contribution >= 0.6 is 0 Å². The number of hydrogen-bond acceptors (Lipinski definition) is 4. The number of hydrogen-bond donors (Lipinski definition) is 1. The van der Waals surface area contributed by atoms with Gasteiger partial charge in [0.1, 0.15) is 12.2 Å². The summed E-state index contributed by atoms with van der Waals surface area (Å²) in [5.74, 6) is 0.348. The molecule has 0 radical (unpaired) electrons. The summed E-state index contributed by atoms with van der Waals surface area (Å²) in [6, 6.07) is 13.1. The van der Waals surface area contributed by atoms with Gasteiger partial charge in [-0.15, -0.1) is 0 Å². The van der Waals surface area contributed by atoms with Crippen LogP contribution in [0.25, 0.3) is 5.69 Å². The third-order valence-corrected chi connectivity index (χ3v) is 2.76. The molecule has 1 amide bonds. The van der Waals surface area contributed by atoms with Crippen molar-refractivity contribution in [2.45, 2.75) is 6.42 Å². The van der Waals surface area contributed by atoms with E-state index in [0.717, 1.165) is 17.1 Å². The molecule has 1 aromatic heterocycles. The predicted octanol–water partition coefficient (Wildman–Crippen LogP) is 1.85. The van der Waals surface area contributed by atoms with Crippen molar-refractivity contribution in [3.63, 3.8) is 0 Å². The Morgan fingerprint density at radius 1 is 1.43 bits per heavy atom. The van der Waals surface area contributed by atoms with E-state index in [9.17, 15) is 4.79 Å². The Morgan fingerprint density at radius 2 is 2.19 bits per heavy atom. The second kappa shape index (κ2) is 6.91. The molecule has 0 bridgehead atoms. The fourth-order valence-corrected chi connectivity index (χ4v) is 1.76. The first-order valence-electron chi connectivity index (χ1n) is 6.25. The van der Waals surface area contributed by atoms with E-state index in [1.54, 1.807) is 13.2 Å². The summed E-state index contributed by atoms with van der Waals surface area (Å²) in [5, 5.41) is 12.2. The van der Waals surface area contributed by atoms with Crippen molar-refractivity contribution in [2.75, 3.05) is 7.11 Å². The molecule has 1 aromatic carbocycles. The summed E-state index contributed by atoms with van der Waals surface area (Å²) in [7, 11) is 1.62. The van der Waals surface area contributed by atoms with Gasteiger partial charge in [-0.2, -0.15) is 10.4 Å². The van der Waals surface area contributed by atoms with Gasteiger partial charge in [0.2, 0.25) is 0 Å². The molecule has 2 aromatic rings. The summed E-state index contributed by atoms with van der Waals surface area (Å²) < 4.78 is 7.04. The molecule has 2 rings (SSSR count). The van der Waals surface area contributed by atoms with Crippen LogP contribution in [-0.2, 0) is 4.79 Å². The molecule has 0 spiro atoms. The highest BCUT2D eigenvalue weighted by atomic mass is 16.5. The molecule has 6 nitrogen and oxygen atoms in total. The second-order valence-electron chi connectivity index (χ2n) is 4.13. The number of nitriles is 1. The Kier molecular flexibility index (Phi) is 4.72. The first-order valence-corrected chi connectivity index (χ1v) is 6.25. The summed E-state index contributed by atoms with van der Waals surface area (Å²) in [6.07, 6.45) is 3.20. The minimum atomic E-state index is -0.434. The first kappa shape index (κ1) is 14.3. The molecular formula is C15H14N4O2. The molecule has 0 saturated heterocycles. The van der Waals surface area contributed by atoms with E-state index < -0.39 is 5.91 Å². The number of methoxy groups -OCH3 is 1. The van der Waals surface area contributed by atoms with Crippen LogP contribution < -0.4 is 10.2 Å². The fourth-order valence-electron chi connectivity index (χ4n) is 1.76. The molecule has 21 heavy (non-hydrogen) atoms. The highest BCUT2D eigenvalue weighted by molar-refractivity contribution is 5.82. The molecule has 0 aliphatic carbocycles. The van der Waals surface area contributed by atoms with Crippen molar-refractivity contribution in [1.29, 1.82) is 5.26 Å². The average molecular weight is 282 g/mol. The van der Waals surface area contributed by atoms with E-state index in [0.29, 0.717) is 0 Å². The Morgan fingerprint density at radius 3 is 2.86 bits per heavy atom. The number of amides is 1. The summed E-state index contributed by atoms with van der Waals surface area (Å²) in [5.41, 5.74) is 4.05. The van der Waals surface area contributed by atoms with Gasteiger partial charge in [0, 0.05) is 11.9 Å². The predicted molar refractivity (Wildman–Crippen MR) is 78.3 cm³/mol. The van der Waals surface area contributed by atoms with Crippen molar-refractivity contribution < 1.29 is 9.53 Å². The number of ether oxygens (including phenoxy) is 1. The molecule has 0 unspecified atom stereocenters. The van der Waals surface area contributed by atoms with Gasteiger partial charge in [0.05, 0.1) is 25.1 Å². The van der Waals surface area contributed by atoms with E-state index in [4.69, 9.17) is 10.00 Å². The van der Waals surface area contributed by atoms with E-state index >= 15 is 0 Å². The summed E-state index contributed by atoms with van der Waals surface area (Å²) >= 11 is 0. The number of rotatable bonds is 5. The van der Waals surface area contributed by atoms with Crippen molar-refractivity contribution in [1.82, 2.24) is 9.99 Å². The lowest BCUT2D eigenvalue weighted by Crippen LogP contribution is -2.16. The van der Waals surface area contributed by atoms with Crippen LogP contribution in [0, 0.1) is 11.3 Å². The van der Waals surface area contributed by atoms with E-state index in [1.807, 2.05) is 47.2 Å².